The predicted molar refractivity (Wildman–Crippen MR) is 93.7 cm³/mol. The minimum atomic E-state index is -4.40. The van der Waals surface area contributed by atoms with E-state index in [4.69, 9.17) is 4.52 Å². The van der Waals surface area contributed by atoms with Crippen LogP contribution in [0.1, 0.15) is 35.0 Å². The van der Waals surface area contributed by atoms with E-state index in [9.17, 15) is 13.2 Å². The van der Waals surface area contributed by atoms with Crippen molar-refractivity contribution in [2.24, 2.45) is 0 Å². The van der Waals surface area contributed by atoms with Gasteiger partial charge in [-0.15, -0.1) is 0 Å². The number of hydrogen-bond donors (Lipinski definition) is 0. The molecule has 0 N–H and O–H groups in total. The first kappa shape index (κ1) is 17.7. The molecule has 140 valence electrons. The number of benzene rings is 2. The second kappa shape index (κ2) is 6.81. The van der Waals surface area contributed by atoms with Crippen molar-refractivity contribution in [3.05, 3.63) is 71.1 Å². The van der Waals surface area contributed by atoms with E-state index in [1.54, 1.807) is 6.07 Å². The molecule has 0 aliphatic heterocycles. The fraction of sp³-hybridized carbons (Fsp3) is 0.300. The normalized spacial score (nSPS) is 16.7. The van der Waals surface area contributed by atoms with Crippen molar-refractivity contribution >= 4 is 0 Å². The minimum Gasteiger partial charge on any atom is -0.338 e. The summed E-state index contributed by atoms with van der Waals surface area (Å²) in [6.45, 7) is 0.435. The molecule has 2 aromatic carbocycles. The molecule has 0 radical (unpaired) electrons. The number of hydrogen-bond acceptors (Lipinski definition) is 4. The zero-order chi connectivity index (χ0) is 19.0. The lowest BCUT2D eigenvalue weighted by atomic mass is 10.1. The molecule has 27 heavy (non-hydrogen) atoms. The van der Waals surface area contributed by atoms with Gasteiger partial charge in [0.1, 0.15) is 0 Å². The SMILES string of the molecule is CN(Cc1nc(-c2cccc(C(F)(F)F)c2)no1)[C@H]1CCc2ccccc21. The van der Waals surface area contributed by atoms with E-state index in [1.165, 1.54) is 17.2 Å². The maximum absolute atomic E-state index is 12.9. The highest BCUT2D eigenvalue weighted by atomic mass is 19.4. The molecule has 3 aromatic rings. The van der Waals surface area contributed by atoms with E-state index >= 15 is 0 Å². The van der Waals surface area contributed by atoms with Crippen molar-refractivity contribution < 1.29 is 17.7 Å². The summed E-state index contributed by atoms with van der Waals surface area (Å²) in [5.74, 6) is 0.547. The molecule has 4 rings (SSSR count). The quantitative estimate of drug-likeness (QED) is 0.654. The van der Waals surface area contributed by atoms with Crippen LogP contribution in [0.3, 0.4) is 0 Å². The van der Waals surface area contributed by atoms with Crippen LogP contribution in [0.15, 0.2) is 53.1 Å². The van der Waals surface area contributed by atoms with E-state index in [1.807, 2.05) is 19.2 Å². The van der Waals surface area contributed by atoms with Crippen LogP contribution < -0.4 is 0 Å². The van der Waals surface area contributed by atoms with Gasteiger partial charge in [0, 0.05) is 11.6 Å². The summed E-state index contributed by atoms with van der Waals surface area (Å²) in [7, 11) is 1.99. The van der Waals surface area contributed by atoms with Gasteiger partial charge in [0.15, 0.2) is 0 Å². The van der Waals surface area contributed by atoms with Gasteiger partial charge in [0.25, 0.3) is 0 Å². The molecule has 0 saturated carbocycles. The second-order valence-corrected chi connectivity index (χ2v) is 6.76. The Balaban J connectivity index is 1.51. The van der Waals surface area contributed by atoms with Gasteiger partial charge in [-0.3, -0.25) is 4.90 Å². The summed E-state index contributed by atoms with van der Waals surface area (Å²) >= 11 is 0. The minimum absolute atomic E-state index is 0.163. The van der Waals surface area contributed by atoms with Crippen LogP contribution >= 0.6 is 0 Å². The van der Waals surface area contributed by atoms with E-state index in [0.717, 1.165) is 25.0 Å². The van der Waals surface area contributed by atoms with Gasteiger partial charge in [0.05, 0.1) is 12.1 Å². The molecule has 0 saturated heterocycles. The van der Waals surface area contributed by atoms with Crippen LogP contribution in [-0.2, 0) is 19.1 Å². The zero-order valence-corrected chi connectivity index (χ0v) is 14.7. The first-order valence-corrected chi connectivity index (χ1v) is 8.70. The molecule has 0 bridgehead atoms. The average molecular weight is 373 g/mol. The standard InChI is InChI=1S/C20H18F3N3O/c1-26(17-10-9-13-5-2-3-8-16(13)17)12-18-24-19(25-27-18)14-6-4-7-15(11-14)20(21,22)23/h2-8,11,17H,9-10,12H2,1H3/t17-/m0/s1. The maximum Gasteiger partial charge on any atom is 0.416 e. The van der Waals surface area contributed by atoms with Crippen molar-refractivity contribution in [3.8, 4) is 11.4 Å². The van der Waals surface area contributed by atoms with Crippen LogP contribution in [0.25, 0.3) is 11.4 Å². The fourth-order valence-electron chi connectivity index (χ4n) is 3.59. The molecule has 1 aliphatic rings. The number of alkyl halides is 3. The number of nitrogens with zero attached hydrogens (tertiary/aromatic N) is 3. The lowest BCUT2D eigenvalue weighted by molar-refractivity contribution is -0.137. The van der Waals surface area contributed by atoms with Gasteiger partial charge >= 0.3 is 6.18 Å². The topological polar surface area (TPSA) is 42.2 Å². The number of halogens is 3. The first-order valence-electron chi connectivity index (χ1n) is 8.70. The molecular weight excluding hydrogens is 355 g/mol. The number of aryl methyl sites for hydroxylation is 1. The van der Waals surface area contributed by atoms with Gasteiger partial charge in [-0.1, -0.05) is 41.6 Å². The highest BCUT2D eigenvalue weighted by Gasteiger charge is 2.31. The third kappa shape index (κ3) is 3.60. The smallest absolute Gasteiger partial charge is 0.338 e. The monoisotopic (exact) mass is 373 g/mol. The molecule has 1 aromatic heterocycles. The molecule has 0 fully saturated rings. The van der Waals surface area contributed by atoms with Gasteiger partial charge < -0.3 is 4.52 Å². The highest BCUT2D eigenvalue weighted by molar-refractivity contribution is 5.55. The molecule has 1 aliphatic carbocycles. The largest absolute Gasteiger partial charge is 0.416 e. The molecule has 1 atom stereocenters. The zero-order valence-electron chi connectivity index (χ0n) is 14.7. The predicted octanol–water partition coefficient (Wildman–Crippen LogP) is 4.87. The molecule has 4 nitrogen and oxygen atoms in total. The molecule has 0 amide bonds. The maximum atomic E-state index is 12.9. The number of fused-ring (bicyclic) bond motifs is 1. The molecule has 7 heteroatoms. The Hall–Kier alpha value is -2.67. The Kier molecular flexibility index (Phi) is 4.47. The van der Waals surface area contributed by atoms with Gasteiger partial charge in [-0.25, -0.2) is 0 Å². The fourth-order valence-corrected chi connectivity index (χ4v) is 3.59. The van der Waals surface area contributed by atoms with E-state index < -0.39 is 11.7 Å². The van der Waals surface area contributed by atoms with Crippen LogP contribution in [0.4, 0.5) is 13.2 Å². The third-order valence-corrected chi connectivity index (χ3v) is 4.93. The van der Waals surface area contributed by atoms with Crippen LogP contribution in [0.5, 0.6) is 0 Å². The van der Waals surface area contributed by atoms with Gasteiger partial charge in [-0.05, 0) is 43.1 Å². The summed E-state index contributed by atoms with van der Waals surface area (Å²) in [6, 6.07) is 13.6. The first-order chi connectivity index (χ1) is 12.9. The van der Waals surface area contributed by atoms with Gasteiger partial charge in [0.2, 0.25) is 11.7 Å². The second-order valence-electron chi connectivity index (χ2n) is 6.76. The summed E-state index contributed by atoms with van der Waals surface area (Å²) in [5, 5.41) is 3.85. The Bertz CT molecular complexity index is 951. The lowest BCUT2D eigenvalue weighted by Crippen LogP contribution is -2.22. The summed E-state index contributed by atoms with van der Waals surface area (Å²) < 4.78 is 43.9. The van der Waals surface area contributed by atoms with Crippen molar-refractivity contribution in [1.29, 1.82) is 0 Å². The van der Waals surface area contributed by atoms with Crippen LogP contribution in [0, 0.1) is 0 Å². The Morgan fingerprint density at radius 2 is 1.96 bits per heavy atom. The van der Waals surface area contributed by atoms with E-state index in [-0.39, 0.29) is 17.4 Å². The highest BCUT2D eigenvalue weighted by Crippen LogP contribution is 2.35. The molecule has 0 spiro atoms. The molecule has 1 heterocycles. The van der Waals surface area contributed by atoms with Gasteiger partial charge in [-0.2, -0.15) is 18.2 Å². The Morgan fingerprint density at radius 3 is 2.78 bits per heavy atom. The summed E-state index contributed by atoms with van der Waals surface area (Å²) in [6.07, 6.45) is -2.35. The number of aromatic nitrogens is 2. The van der Waals surface area contributed by atoms with E-state index in [2.05, 4.69) is 27.2 Å². The van der Waals surface area contributed by atoms with Crippen molar-refractivity contribution in [2.75, 3.05) is 7.05 Å². The number of rotatable bonds is 4. The van der Waals surface area contributed by atoms with Crippen molar-refractivity contribution in [2.45, 2.75) is 31.6 Å². The Morgan fingerprint density at radius 1 is 1.15 bits per heavy atom. The Labute approximate surface area is 154 Å². The summed E-state index contributed by atoms with van der Waals surface area (Å²) in [4.78, 5) is 6.42. The average Bonchev–Trinajstić information content (AvgIpc) is 3.28. The van der Waals surface area contributed by atoms with Crippen LogP contribution in [0.2, 0.25) is 0 Å². The lowest BCUT2D eigenvalue weighted by Gasteiger charge is -2.23. The summed E-state index contributed by atoms with van der Waals surface area (Å²) in [5.41, 5.74) is 2.21. The van der Waals surface area contributed by atoms with Crippen LogP contribution in [-0.4, -0.2) is 22.1 Å². The van der Waals surface area contributed by atoms with Crippen molar-refractivity contribution in [3.63, 3.8) is 0 Å². The molecule has 0 unspecified atom stereocenters. The van der Waals surface area contributed by atoms with Crippen molar-refractivity contribution in [1.82, 2.24) is 15.0 Å². The third-order valence-electron chi connectivity index (χ3n) is 4.93. The molecular formula is C20H18F3N3O. The van der Waals surface area contributed by atoms with E-state index in [0.29, 0.717) is 12.4 Å².